The Morgan fingerprint density at radius 1 is 1.33 bits per heavy atom. The van der Waals surface area contributed by atoms with Crippen molar-refractivity contribution in [2.45, 2.75) is 44.1 Å². The van der Waals surface area contributed by atoms with Crippen LogP contribution in [0, 0.1) is 0 Å². The maximum atomic E-state index is 12.9. The van der Waals surface area contributed by atoms with Crippen LogP contribution < -0.4 is 16.8 Å². The minimum absolute atomic E-state index is 0.108. The van der Waals surface area contributed by atoms with Crippen molar-refractivity contribution in [3.63, 3.8) is 0 Å². The van der Waals surface area contributed by atoms with Gasteiger partial charge in [0.15, 0.2) is 0 Å². The number of carbonyl (C=O) groups excluding carboxylic acids is 1. The third-order valence-electron chi connectivity index (χ3n) is 2.97. The van der Waals surface area contributed by atoms with E-state index < -0.39 is 5.92 Å². The molecular formula is C12H19F2N3O. The van der Waals surface area contributed by atoms with Crippen molar-refractivity contribution in [2.75, 3.05) is 0 Å². The highest BCUT2D eigenvalue weighted by atomic mass is 19.3. The van der Waals surface area contributed by atoms with Gasteiger partial charge in [-0.1, -0.05) is 0 Å². The van der Waals surface area contributed by atoms with Gasteiger partial charge < -0.3 is 16.8 Å². The summed E-state index contributed by atoms with van der Waals surface area (Å²) < 4.78 is 25.8. The summed E-state index contributed by atoms with van der Waals surface area (Å²) in [4.78, 5) is 11.6. The highest BCUT2D eigenvalue weighted by Crippen LogP contribution is 2.32. The zero-order chi connectivity index (χ0) is 13.6. The lowest BCUT2D eigenvalue weighted by Gasteiger charge is -2.28. The van der Waals surface area contributed by atoms with Crippen molar-refractivity contribution >= 4 is 5.91 Å². The number of amides is 1. The van der Waals surface area contributed by atoms with Gasteiger partial charge in [-0.25, -0.2) is 8.78 Å². The maximum Gasteiger partial charge on any atom is 0.248 e. The summed E-state index contributed by atoms with van der Waals surface area (Å²) in [6.07, 6.45) is 4.54. The Balaban J connectivity index is 2.37. The zero-order valence-electron chi connectivity index (χ0n) is 10.2. The second-order valence-electron chi connectivity index (χ2n) is 4.48. The van der Waals surface area contributed by atoms with Crippen LogP contribution in [0.25, 0.3) is 0 Å². The molecule has 1 saturated carbocycles. The quantitative estimate of drug-likeness (QED) is 0.667. The van der Waals surface area contributed by atoms with E-state index in [2.05, 4.69) is 5.32 Å². The molecule has 1 fully saturated rings. The van der Waals surface area contributed by atoms with Gasteiger partial charge in [-0.2, -0.15) is 0 Å². The largest absolute Gasteiger partial charge is 0.405 e. The van der Waals surface area contributed by atoms with Gasteiger partial charge in [0, 0.05) is 18.9 Å². The lowest BCUT2D eigenvalue weighted by atomic mass is 9.92. The van der Waals surface area contributed by atoms with Crippen LogP contribution in [0.3, 0.4) is 0 Å². The summed E-state index contributed by atoms with van der Waals surface area (Å²) in [5.74, 6) is -2.80. The molecule has 1 rings (SSSR count). The third-order valence-corrected chi connectivity index (χ3v) is 2.97. The predicted octanol–water partition coefficient (Wildman–Crippen LogP) is 1.39. The fourth-order valence-corrected chi connectivity index (χ4v) is 1.95. The lowest BCUT2D eigenvalue weighted by molar-refractivity contribution is -0.122. The molecule has 0 heterocycles. The molecule has 0 aromatic carbocycles. The number of alkyl halides is 2. The highest BCUT2D eigenvalue weighted by molar-refractivity contribution is 5.79. The number of hydrogen-bond acceptors (Lipinski definition) is 3. The maximum absolute atomic E-state index is 12.9. The Morgan fingerprint density at radius 2 is 1.94 bits per heavy atom. The van der Waals surface area contributed by atoms with Crippen LogP contribution in [0.5, 0.6) is 0 Å². The lowest BCUT2D eigenvalue weighted by Crippen LogP contribution is -2.40. The van der Waals surface area contributed by atoms with Gasteiger partial charge in [0.2, 0.25) is 11.8 Å². The summed E-state index contributed by atoms with van der Waals surface area (Å²) in [6, 6.07) is -0.169. The van der Waals surface area contributed by atoms with E-state index in [-0.39, 0.29) is 31.2 Å². The standard InChI is InChI=1S/C12H19F2N3O/c13-12(14)4-1-10(2-5-12)17-11(18)7-9(8-16)3-6-15/h3,6,8,10H,1-2,4-5,7,15-16H2,(H,17,18)/b6-3-,9-8+. The molecule has 0 radical (unpaired) electrons. The molecule has 0 bridgehead atoms. The van der Waals surface area contributed by atoms with Crippen LogP contribution in [0.1, 0.15) is 32.1 Å². The molecule has 1 amide bonds. The Labute approximate surface area is 105 Å². The third kappa shape index (κ3) is 4.73. The minimum Gasteiger partial charge on any atom is -0.405 e. The number of halogens is 2. The molecular weight excluding hydrogens is 240 g/mol. The first-order valence-corrected chi connectivity index (χ1v) is 5.93. The smallest absolute Gasteiger partial charge is 0.248 e. The molecule has 6 heteroatoms. The molecule has 1 aliphatic carbocycles. The van der Waals surface area contributed by atoms with Crippen molar-refractivity contribution in [3.8, 4) is 0 Å². The molecule has 0 atom stereocenters. The number of nitrogens with two attached hydrogens (primary N) is 2. The molecule has 1 aliphatic rings. The van der Waals surface area contributed by atoms with Crippen LogP contribution >= 0.6 is 0 Å². The minimum atomic E-state index is -2.58. The van der Waals surface area contributed by atoms with Crippen molar-refractivity contribution < 1.29 is 13.6 Å². The van der Waals surface area contributed by atoms with Crippen molar-refractivity contribution in [1.82, 2.24) is 5.32 Å². The van der Waals surface area contributed by atoms with Crippen molar-refractivity contribution in [1.29, 1.82) is 0 Å². The van der Waals surface area contributed by atoms with E-state index in [0.29, 0.717) is 18.4 Å². The summed E-state index contributed by atoms with van der Waals surface area (Å²) in [5, 5.41) is 2.74. The number of hydrogen-bond donors (Lipinski definition) is 3. The fourth-order valence-electron chi connectivity index (χ4n) is 1.95. The average Bonchev–Trinajstić information content (AvgIpc) is 2.31. The molecule has 4 nitrogen and oxygen atoms in total. The first-order valence-electron chi connectivity index (χ1n) is 5.93. The normalized spacial score (nSPS) is 21.1. The molecule has 0 aromatic heterocycles. The Hall–Kier alpha value is -1.59. The molecule has 0 unspecified atom stereocenters. The molecule has 0 spiro atoms. The number of rotatable bonds is 4. The summed E-state index contributed by atoms with van der Waals surface area (Å²) in [6.45, 7) is 0. The van der Waals surface area contributed by atoms with Gasteiger partial charge in [0.05, 0.1) is 6.42 Å². The van der Waals surface area contributed by atoms with Crippen molar-refractivity contribution in [2.24, 2.45) is 11.5 Å². The van der Waals surface area contributed by atoms with E-state index in [1.165, 1.54) is 18.5 Å². The van der Waals surface area contributed by atoms with E-state index in [4.69, 9.17) is 11.5 Å². The van der Waals surface area contributed by atoms with E-state index in [1.54, 1.807) is 0 Å². The van der Waals surface area contributed by atoms with Gasteiger partial charge in [-0.05, 0) is 36.9 Å². The van der Waals surface area contributed by atoms with Crippen LogP contribution in [-0.4, -0.2) is 17.9 Å². The Bertz CT molecular complexity index is 343. The van der Waals surface area contributed by atoms with Gasteiger partial charge in [0.1, 0.15) is 0 Å². The van der Waals surface area contributed by atoms with E-state index in [0.717, 1.165) is 0 Å². The molecule has 18 heavy (non-hydrogen) atoms. The van der Waals surface area contributed by atoms with E-state index in [9.17, 15) is 13.6 Å². The summed E-state index contributed by atoms with van der Waals surface area (Å²) in [7, 11) is 0. The molecule has 0 aromatic rings. The zero-order valence-corrected chi connectivity index (χ0v) is 10.2. The Morgan fingerprint density at radius 3 is 2.44 bits per heavy atom. The molecule has 102 valence electrons. The Kier molecular flexibility index (Phi) is 5.12. The van der Waals surface area contributed by atoms with Crippen molar-refractivity contribution in [3.05, 3.63) is 24.0 Å². The van der Waals surface area contributed by atoms with Gasteiger partial charge >= 0.3 is 0 Å². The molecule has 5 N–H and O–H groups in total. The van der Waals surface area contributed by atoms with Crippen LogP contribution in [0.4, 0.5) is 8.78 Å². The van der Waals surface area contributed by atoms with E-state index >= 15 is 0 Å². The second-order valence-corrected chi connectivity index (χ2v) is 4.48. The highest BCUT2D eigenvalue weighted by Gasteiger charge is 2.35. The molecule has 0 aliphatic heterocycles. The van der Waals surface area contributed by atoms with Crippen LogP contribution in [-0.2, 0) is 4.79 Å². The van der Waals surface area contributed by atoms with Gasteiger partial charge in [-0.15, -0.1) is 0 Å². The number of allylic oxidation sites excluding steroid dienone is 1. The summed E-state index contributed by atoms with van der Waals surface area (Å²) >= 11 is 0. The van der Waals surface area contributed by atoms with Crippen LogP contribution in [0.2, 0.25) is 0 Å². The second kappa shape index (κ2) is 6.37. The predicted molar refractivity (Wildman–Crippen MR) is 65.6 cm³/mol. The first-order chi connectivity index (χ1) is 8.46. The van der Waals surface area contributed by atoms with Crippen LogP contribution in [0.15, 0.2) is 24.0 Å². The number of nitrogens with one attached hydrogen (secondary N) is 1. The SMILES string of the molecule is N/C=C\C(=C/N)CC(=O)NC1CCC(F)(F)CC1. The molecule has 0 saturated heterocycles. The monoisotopic (exact) mass is 259 g/mol. The first kappa shape index (κ1) is 14.5. The topological polar surface area (TPSA) is 81.1 Å². The summed E-state index contributed by atoms with van der Waals surface area (Å²) in [5.41, 5.74) is 11.1. The average molecular weight is 259 g/mol. The van der Waals surface area contributed by atoms with E-state index in [1.807, 2.05) is 0 Å². The fraction of sp³-hybridized carbons (Fsp3) is 0.583. The number of carbonyl (C=O) groups is 1. The van der Waals surface area contributed by atoms with Gasteiger partial charge in [0.25, 0.3) is 0 Å². The van der Waals surface area contributed by atoms with Gasteiger partial charge in [-0.3, -0.25) is 4.79 Å².